The smallest absolute Gasteiger partial charge is 0.277 e. The van der Waals surface area contributed by atoms with Crippen LogP contribution in [-0.4, -0.2) is 30.0 Å². The SMILES string of the molecule is COCc1cccc([N+](=O)[O-])c1/C=C/N1CCCC1. The lowest BCUT2D eigenvalue weighted by molar-refractivity contribution is -0.385. The van der Waals surface area contributed by atoms with Gasteiger partial charge in [0.05, 0.1) is 17.1 Å². The molecule has 0 amide bonds. The third-order valence-electron chi connectivity index (χ3n) is 3.26. The van der Waals surface area contributed by atoms with Gasteiger partial charge in [-0.3, -0.25) is 10.1 Å². The predicted molar refractivity (Wildman–Crippen MR) is 73.7 cm³/mol. The maximum Gasteiger partial charge on any atom is 0.277 e. The molecule has 0 aromatic heterocycles. The summed E-state index contributed by atoms with van der Waals surface area (Å²) in [6, 6.07) is 5.09. The van der Waals surface area contributed by atoms with E-state index >= 15 is 0 Å². The molecule has 0 unspecified atom stereocenters. The Hall–Kier alpha value is -1.88. The van der Waals surface area contributed by atoms with Crippen molar-refractivity contribution in [2.45, 2.75) is 19.4 Å². The molecule has 2 rings (SSSR count). The van der Waals surface area contributed by atoms with Gasteiger partial charge in [0, 0.05) is 26.3 Å². The summed E-state index contributed by atoms with van der Waals surface area (Å²) < 4.78 is 5.11. The van der Waals surface area contributed by atoms with E-state index in [1.165, 1.54) is 18.9 Å². The molecule has 0 aliphatic carbocycles. The molecule has 0 atom stereocenters. The molecule has 1 fully saturated rings. The third-order valence-corrected chi connectivity index (χ3v) is 3.26. The molecule has 5 heteroatoms. The van der Waals surface area contributed by atoms with Gasteiger partial charge in [-0.1, -0.05) is 12.1 Å². The minimum Gasteiger partial charge on any atom is -0.380 e. The van der Waals surface area contributed by atoms with E-state index in [1.54, 1.807) is 13.2 Å². The van der Waals surface area contributed by atoms with E-state index in [4.69, 9.17) is 4.74 Å². The van der Waals surface area contributed by atoms with Crippen molar-refractivity contribution in [2.75, 3.05) is 20.2 Å². The van der Waals surface area contributed by atoms with Crippen LogP contribution in [0.15, 0.2) is 24.4 Å². The first kappa shape index (κ1) is 13.5. The van der Waals surface area contributed by atoms with E-state index in [2.05, 4.69) is 4.90 Å². The molecule has 1 heterocycles. The van der Waals surface area contributed by atoms with Crippen LogP contribution in [0.1, 0.15) is 24.0 Å². The number of nitrogens with zero attached hydrogens (tertiary/aromatic N) is 2. The van der Waals surface area contributed by atoms with Crippen LogP contribution in [0.5, 0.6) is 0 Å². The summed E-state index contributed by atoms with van der Waals surface area (Å²) in [6.07, 6.45) is 6.16. The number of hydrogen-bond donors (Lipinski definition) is 0. The van der Waals surface area contributed by atoms with Crippen molar-refractivity contribution in [2.24, 2.45) is 0 Å². The molecule has 1 saturated heterocycles. The van der Waals surface area contributed by atoms with Crippen LogP contribution < -0.4 is 0 Å². The Morgan fingerprint density at radius 2 is 2.16 bits per heavy atom. The van der Waals surface area contributed by atoms with Gasteiger partial charge < -0.3 is 9.64 Å². The summed E-state index contributed by atoms with van der Waals surface area (Å²) in [5.41, 5.74) is 1.61. The highest BCUT2D eigenvalue weighted by Crippen LogP contribution is 2.25. The molecule has 19 heavy (non-hydrogen) atoms. The lowest BCUT2D eigenvalue weighted by Gasteiger charge is -2.11. The molecule has 0 bridgehead atoms. The minimum absolute atomic E-state index is 0.130. The topological polar surface area (TPSA) is 55.6 Å². The average molecular weight is 262 g/mol. The summed E-state index contributed by atoms with van der Waals surface area (Å²) in [6.45, 7) is 2.43. The van der Waals surface area contributed by atoms with Crippen LogP contribution in [0.2, 0.25) is 0 Å². The molecule has 1 aliphatic heterocycles. The highest BCUT2D eigenvalue weighted by Gasteiger charge is 2.15. The summed E-state index contributed by atoms with van der Waals surface area (Å²) in [5.74, 6) is 0. The molecule has 1 aromatic rings. The number of ether oxygens (including phenoxy) is 1. The van der Waals surface area contributed by atoms with Gasteiger partial charge in [-0.25, -0.2) is 0 Å². The summed E-state index contributed by atoms with van der Waals surface area (Å²) in [7, 11) is 1.59. The van der Waals surface area contributed by atoms with E-state index < -0.39 is 0 Å². The Kier molecular flexibility index (Phi) is 4.52. The van der Waals surface area contributed by atoms with Gasteiger partial charge in [0.1, 0.15) is 0 Å². The van der Waals surface area contributed by atoms with Crippen LogP contribution in [0, 0.1) is 10.1 Å². The average Bonchev–Trinajstić information content (AvgIpc) is 2.90. The van der Waals surface area contributed by atoms with E-state index in [9.17, 15) is 10.1 Å². The van der Waals surface area contributed by atoms with Gasteiger partial charge >= 0.3 is 0 Å². The molecular weight excluding hydrogens is 244 g/mol. The number of rotatable bonds is 5. The van der Waals surface area contributed by atoms with Crippen LogP contribution in [0.3, 0.4) is 0 Å². The van der Waals surface area contributed by atoms with Gasteiger partial charge in [-0.05, 0) is 30.7 Å². The fourth-order valence-electron chi connectivity index (χ4n) is 2.30. The van der Waals surface area contributed by atoms with E-state index in [0.29, 0.717) is 12.2 Å². The minimum atomic E-state index is -0.344. The fraction of sp³-hybridized carbons (Fsp3) is 0.429. The van der Waals surface area contributed by atoms with Crippen molar-refractivity contribution in [1.82, 2.24) is 4.90 Å². The second-order valence-electron chi connectivity index (χ2n) is 4.60. The van der Waals surface area contributed by atoms with E-state index in [0.717, 1.165) is 18.7 Å². The Morgan fingerprint density at radius 1 is 1.42 bits per heavy atom. The molecular formula is C14H18N2O3. The first-order chi connectivity index (χ1) is 9.22. The lowest BCUT2D eigenvalue weighted by atomic mass is 10.1. The quantitative estimate of drug-likeness (QED) is 0.605. The molecule has 0 spiro atoms. The summed E-state index contributed by atoms with van der Waals surface area (Å²) >= 11 is 0. The Morgan fingerprint density at radius 3 is 2.79 bits per heavy atom. The van der Waals surface area contributed by atoms with Crippen molar-refractivity contribution in [3.05, 3.63) is 45.6 Å². The number of methoxy groups -OCH3 is 1. The van der Waals surface area contributed by atoms with Gasteiger partial charge in [-0.2, -0.15) is 0 Å². The Labute approximate surface area is 112 Å². The standard InChI is InChI=1S/C14H18N2O3/c1-19-11-12-5-4-6-14(16(17)18)13(12)7-10-15-8-2-3-9-15/h4-7,10H,2-3,8-9,11H2,1H3/b10-7+. The zero-order valence-electron chi connectivity index (χ0n) is 11.0. The van der Waals surface area contributed by atoms with Gasteiger partial charge in [0.2, 0.25) is 0 Å². The largest absolute Gasteiger partial charge is 0.380 e. The maximum atomic E-state index is 11.1. The third kappa shape index (κ3) is 3.32. The van der Waals surface area contributed by atoms with Gasteiger partial charge in [0.15, 0.2) is 0 Å². The van der Waals surface area contributed by atoms with Crippen LogP contribution >= 0.6 is 0 Å². The fourth-order valence-corrected chi connectivity index (χ4v) is 2.30. The first-order valence-corrected chi connectivity index (χ1v) is 6.40. The van der Waals surface area contributed by atoms with Crippen LogP contribution in [0.4, 0.5) is 5.69 Å². The summed E-state index contributed by atoms with van der Waals surface area (Å²) in [5, 5.41) is 11.1. The number of benzene rings is 1. The van der Waals surface area contributed by atoms with E-state index in [1.807, 2.05) is 18.3 Å². The molecule has 0 N–H and O–H groups in total. The lowest BCUT2D eigenvalue weighted by Crippen LogP contribution is -2.10. The zero-order chi connectivity index (χ0) is 13.7. The van der Waals surface area contributed by atoms with Crippen molar-refractivity contribution < 1.29 is 9.66 Å². The molecule has 1 aliphatic rings. The molecule has 0 radical (unpaired) electrons. The second kappa shape index (κ2) is 6.33. The normalized spacial score (nSPS) is 15.3. The Balaban J connectivity index is 2.30. The Bertz CT molecular complexity index is 480. The van der Waals surface area contributed by atoms with Crippen molar-refractivity contribution >= 4 is 11.8 Å². The number of nitro benzene ring substituents is 1. The predicted octanol–water partition coefficient (Wildman–Crippen LogP) is 2.81. The maximum absolute atomic E-state index is 11.1. The zero-order valence-corrected chi connectivity index (χ0v) is 11.0. The van der Waals surface area contributed by atoms with Crippen molar-refractivity contribution in [3.8, 4) is 0 Å². The molecule has 0 saturated carbocycles. The molecule has 102 valence electrons. The second-order valence-corrected chi connectivity index (χ2v) is 4.60. The molecule has 1 aromatic carbocycles. The van der Waals surface area contributed by atoms with Crippen LogP contribution in [0.25, 0.3) is 6.08 Å². The van der Waals surface area contributed by atoms with Gasteiger partial charge in [0.25, 0.3) is 5.69 Å². The first-order valence-electron chi connectivity index (χ1n) is 6.40. The summed E-state index contributed by atoms with van der Waals surface area (Å²) in [4.78, 5) is 12.9. The molecule has 5 nitrogen and oxygen atoms in total. The van der Waals surface area contributed by atoms with E-state index in [-0.39, 0.29) is 10.6 Å². The highest BCUT2D eigenvalue weighted by molar-refractivity contribution is 5.64. The van der Waals surface area contributed by atoms with Crippen LogP contribution in [-0.2, 0) is 11.3 Å². The monoisotopic (exact) mass is 262 g/mol. The van der Waals surface area contributed by atoms with Crippen molar-refractivity contribution in [3.63, 3.8) is 0 Å². The number of likely N-dealkylation sites (tertiary alicyclic amines) is 1. The van der Waals surface area contributed by atoms with Crippen molar-refractivity contribution in [1.29, 1.82) is 0 Å². The number of hydrogen-bond acceptors (Lipinski definition) is 4. The van der Waals surface area contributed by atoms with Gasteiger partial charge in [-0.15, -0.1) is 0 Å². The highest BCUT2D eigenvalue weighted by atomic mass is 16.6. The number of nitro groups is 1.